The first kappa shape index (κ1) is 8.48. The van der Waals surface area contributed by atoms with Gasteiger partial charge in [0, 0.05) is 6.54 Å². The summed E-state index contributed by atoms with van der Waals surface area (Å²) in [5.74, 6) is 0. The van der Waals surface area contributed by atoms with Crippen LogP contribution in [0.25, 0.3) is 0 Å². The lowest BCUT2D eigenvalue weighted by molar-refractivity contribution is -0.0482. The molecule has 0 aromatic carbocycles. The third-order valence-electron chi connectivity index (χ3n) is 3.14. The van der Waals surface area contributed by atoms with Crippen LogP contribution in [0.2, 0.25) is 0 Å². The number of nitrogens with one attached hydrogen (secondary N) is 1. The third-order valence-corrected chi connectivity index (χ3v) is 3.14. The number of nitrogens with zero attached hydrogens (tertiary/aromatic N) is 1. The van der Waals surface area contributed by atoms with Gasteiger partial charge in [0.1, 0.15) is 5.72 Å². The summed E-state index contributed by atoms with van der Waals surface area (Å²) in [5.41, 5.74) is -0.0781. The molecule has 0 bridgehead atoms. The Morgan fingerprint density at radius 2 is 2.42 bits per heavy atom. The van der Waals surface area contributed by atoms with Crippen LogP contribution >= 0.6 is 0 Å². The molecule has 3 heteroatoms. The highest BCUT2D eigenvalue weighted by Crippen LogP contribution is 2.28. The number of ether oxygens (including phenoxy) is 1. The van der Waals surface area contributed by atoms with Crippen LogP contribution in [0.4, 0.5) is 0 Å². The van der Waals surface area contributed by atoms with Crippen molar-refractivity contribution >= 4 is 0 Å². The van der Waals surface area contributed by atoms with Crippen LogP contribution in [0.5, 0.6) is 0 Å². The molecule has 2 unspecified atom stereocenters. The maximum absolute atomic E-state index is 5.74. The van der Waals surface area contributed by atoms with Crippen LogP contribution < -0.4 is 5.32 Å². The van der Waals surface area contributed by atoms with Gasteiger partial charge in [0.25, 0.3) is 0 Å². The fourth-order valence-electron chi connectivity index (χ4n) is 2.43. The Morgan fingerprint density at radius 3 is 2.92 bits per heavy atom. The van der Waals surface area contributed by atoms with Crippen molar-refractivity contribution in [3.63, 3.8) is 0 Å². The normalized spacial score (nSPS) is 44.0. The van der Waals surface area contributed by atoms with Crippen LogP contribution in [0.3, 0.4) is 0 Å². The van der Waals surface area contributed by atoms with E-state index in [9.17, 15) is 0 Å². The largest absolute Gasteiger partial charge is 0.358 e. The molecule has 2 saturated heterocycles. The molecule has 0 aliphatic carbocycles. The molecule has 1 N–H and O–H groups in total. The van der Waals surface area contributed by atoms with Gasteiger partial charge < -0.3 is 4.74 Å². The fourth-order valence-corrected chi connectivity index (χ4v) is 2.43. The molecule has 0 amide bonds. The molecular formula is C9H18N2O. The van der Waals surface area contributed by atoms with Gasteiger partial charge in [0.2, 0.25) is 0 Å². The Bertz CT molecular complexity index is 166. The van der Waals surface area contributed by atoms with Crippen LogP contribution in [0.15, 0.2) is 0 Å². The predicted molar refractivity (Wildman–Crippen MR) is 48.0 cm³/mol. The zero-order valence-corrected chi connectivity index (χ0v) is 7.97. The van der Waals surface area contributed by atoms with Gasteiger partial charge in [-0.25, -0.2) is 0 Å². The number of hydrogen-bond donors (Lipinski definition) is 1. The van der Waals surface area contributed by atoms with Crippen molar-refractivity contribution in [1.82, 2.24) is 10.2 Å². The molecule has 0 saturated carbocycles. The van der Waals surface area contributed by atoms with Crippen LogP contribution in [0.1, 0.15) is 19.8 Å². The standard InChI is InChI=1S/C9H18N2O/c1-9(10-5-7-12-9)8-4-3-6-11(8)2/h8,10H,3-7H2,1-2H3. The lowest BCUT2D eigenvalue weighted by Crippen LogP contribution is -2.53. The average molecular weight is 170 g/mol. The first-order chi connectivity index (χ1) is 5.72. The second kappa shape index (κ2) is 2.98. The maximum Gasteiger partial charge on any atom is 0.132 e. The molecule has 0 aromatic heterocycles. The fraction of sp³-hybridized carbons (Fsp3) is 1.00. The van der Waals surface area contributed by atoms with Gasteiger partial charge in [0.15, 0.2) is 0 Å². The Labute approximate surface area is 74.1 Å². The van der Waals surface area contributed by atoms with Crippen molar-refractivity contribution in [2.45, 2.75) is 31.5 Å². The monoisotopic (exact) mass is 170 g/mol. The van der Waals surface area contributed by atoms with Crippen molar-refractivity contribution in [1.29, 1.82) is 0 Å². The summed E-state index contributed by atoms with van der Waals surface area (Å²) in [4.78, 5) is 2.40. The summed E-state index contributed by atoms with van der Waals surface area (Å²) in [6, 6.07) is 0.569. The molecule has 2 fully saturated rings. The number of hydrogen-bond acceptors (Lipinski definition) is 3. The average Bonchev–Trinajstić information content (AvgIpc) is 2.59. The van der Waals surface area contributed by atoms with E-state index in [4.69, 9.17) is 4.74 Å². The molecule has 2 aliphatic heterocycles. The van der Waals surface area contributed by atoms with E-state index < -0.39 is 0 Å². The summed E-state index contributed by atoms with van der Waals surface area (Å²) in [6.45, 7) is 5.25. The Morgan fingerprint density at radius 1 is 1.58 bits per heavy atom. The lowest BCUT2D eigenvalue weighted by atomic mass is 10.0. The van der Waals surface area contributed by atoms with E-state index in [0.717, 1.165) is 13.2 Å². The zero-order valence-electron chi connectivity index (χ0n) is 7.97. The van der Waals surface area contributed by atoms with Crippen molar-refractivity contribution in [2.24, 2.45) is 0 Å². The van der Waals surface area contributed by atoms with Gasteiger partial charge in [-0.15, -0.1) is 0 Å². The topological polar surface area (TPSA) is 24.5 Å². The molecule has 0 aromatic rings. The number of likely N-dealkylation sites (N-methyl/N-ethyl adjacent to an activating group) is 1. The van der Waals surface area contributed by atoms with Gasteiger partial charge in [0.05, 0.1) is 12.6 Å². The summed E-state index contributed by atoms with van der Waals surface area (Å²) in [5, 5.41) is 3.44. The van der Waals surface area contributed by atoms with Gasteiger partial charge in [-0.2, -0.15) is 0 Å². The van der Waals surface area contributed by atoms with E-state index in [-0.39, 0.29) is 5.72 Å². The summed E-state index contributed by atoms with van der Waals surface area (Å²) in [7, 11) is 2.19. The van der Waals surface area contributed by atoms with Crippen LogP contribution in [0, 0.1) is 0 Å². The highest BCUT2D eigenvalue weighted by molar-refractivity contribution is 4.94. The van der Waals surface area contributed by atoms with E-state index >= 15 is 0 Å². The molecule has 2 aliphatic rings. The second-order valence-corrected chi connectivity index (χ2v) is 4.02. The van der Waals surface area contributed by atoms with Crippen LogP contribution in [-0.2, 0) is 4.74 Å². The quantitative estimate of drug-likeness (QED) is 0.617. The highest BCUT2D eigenvalue weighted by Gasteiger charge is 2.42. The molecule has 3 nitrogen and oxygen atoms in total. The van der Waals surface area contributed by atoms with Crippen molar-refractivity contribution in [3.8, 4) is 0 Å². The molecule has 70 valence electrons. The van der Waals surface area contributed by atoms with Gasteiger partial charge in [-0.05, 0) is 33.4 Å². The summed E-state index contributed by atoms with van der Waals surface area (Å²) in [6.07, 6.45) is 2.57. The number of rotatable bonds is 1. The molecule has 2 rings (SSSR count). The van der Waals surface area contributed by atoms with Gasteiger partial charge >= 0.3 is 0 Å². The predicted octanol–water partition coefficient (Wildman–Crippen LogP) is 0.417. The maximum atomic E-state index is 5.74. The second-order valence-electron chi connectivity index (χ2n) is 4.02. The minimum Gasteiger partial charge on any atom is -0.358 e. The Hall–Kier alpha value is -0.120. The molecule has 2 atom stereocenters. The van der Waals surface area contributed by atoms with Crippen LogP contribution in [-0.4, -0.2) is 43.4 Å². The van der Waals surface area contributed by atoms with E-state index in [0.29, 0.717) is 6.04 Å². The minimum absolute atomic E-state index is 0.0781. The number of likely N-dealkylation sites (tertiary alicyclic amines) is 1. The molecule has 12 heavy (non-hydrogen) atoms. The third kappa shape index (κ3) is 1.26. The molecular weight excluding hydrogens is 152 g/mol. The first-order valence-corrected chi connectivity index (χ1v) is 4.81. The highest BCUT2D eigenvalue weighted by atomic mass is 16.5. The van der Waals surface area contributed by atoms with E-state index in [2.05, 4.69) is 24.2 Å². The van der Waals surface area contributed by atoms with Gasteiger partial charge in [-0.1, -0.05) is 0 Å². The molecule has 0 radical (unpaired) electrons. The van der Waals surface area contributed by atoms with E-state index in [1.165, 1.54) is 19.4 Å². The van der Waals surface area contributed by atoms with Crippen molar-refractivity contribution < 1.29 is 4.74 Å². The Balaban J connectivity index is 2.06. The lowest BCUT2D eigenvalue weighted by Gasteiger charge is -2.34. The van der Waals surface area contributed by atoms with Crippen molar-refractivity contribution in [2.75, 3.05) is 26.7 Å². The Kier molecular flexibility index (Phi) is 2.10. The summed E-state index contributed by atoms with van der Waals surface area (Å²) >= 11 is 0. The van der Waals surface area contributed by atoms with Crippen molar-refractivity contribution in [3.05, 3.63) is 0 Å². The molecule has 2 heterocycles. The van der Waals surface area contributed by atoms with E-state index in [1.54, 1.807) is 0 Å². The molecule has 0 spiro atoms. The van der Waals surface area contributed by atoms with E-state index in [1.807, 2.05) is 0 Å². The SMILES string of the molecule is CN1CCCC1C1(C)NCCO1. The minimum atomic E-state index is -0.0781. The van der Waals surface area contributed by atoms with Gasteiger partial charge in [-0.3, -0.25) is 10.2 Å². The zero-order chi connectivity index (χ0) is 8.60. The summed E-state index contributed by atoms with van der Waals surface area (Å²) < 4.78 is 5.74. The first-order valence-electron chi connectivity index (χ1n) is 4.81. The smallest absolute Gasteiger partial charge is 0.132 e.